The highest BCUT2D eigenvalue weighted by Gasteiger charge is 2.22. The summed E-state index contributed by atoms with van der Waals surface area (Å²) in [6, 6.07) is 5.55. The van der Waals surface area contributed by atoms with Crippen LogP contribution in [0.2, 0.25) is 0 Å². The van der Waals surface area contributed by atoms with Crippen molar-refractivity contribution in [1.82, 2.24) is 0 Å². The summed E-state index contributed by atoms with van der Waals surface area (Å²) in [5.41, 5.74) is 5.84. The zero-order chi connectivity index (χ0) is 12.3. The number of ketones is 1. The molecule has 0 aliphatic heterocycles. The van der Waals surface area contributed by atoms with Gasteiger partial charge in [-0.3, -0.25) is 4.79 Å². The van der Waals surface area contributed by atoms with Crippen LogP contribution < -0.4 is 10.5 Å². The van der Waals surface area contributed by atoms with Gasteiger partial charge in [-0.05, 0) is 37.6 Å². The number of nitrogens with two attached hydrogens (primary N) is 1. The molecular formula is C12H16BrNO2. The first-order valence-electron chi connectivity index (χ1n) is 4.99. The standard InChI is InChI=1S/C12H16BrNO2/c1-12(2,14)11(15)7-8-6-9(16-3)4-5-10(8)13/h4-6H,7,14H2,1-3H3. The second-order valence-corrected chi connectivity index (χ2v) is 5.13. The average Bonchev–Trinajstić information content (AvgIpc) is 2.19. The number of methoxy groups -OCH3 is 1. The number of ether oxygens (including phenoxy) is 1. The molecule has 16 heavy (non-hydrogen) atoms. The fraction of sp³-hybridized carbons (Fsp3) is 0.417. The molecule has 0 heterocycles. The van der Waals surface area contributed by atoms with Gasteiger partial charge in [0.25, 0.3) is 0 Å². The van der Waals surface area contributed by atoms with Crippen LogP contribution in [0.15, 0.2) is 22.7 Å². The Morgan fingerprint density at radius 2 is 2.12 bits per heavy atom. The van der Waals surface area contributed by atoms with E-state index in [9.17, 15) is 4.79 Å². The predicted molar refractivity (Wildman–Crippen MR) is 67.7 cm³/mol. The Bertz CT molecular complexity index is 396. The number of carbonyl (C=O) groups excluding carboxylic acids is 1. The number of carbonyl (C=O) groups is 1. The Balaban J connectivity index is 2.92. The highest BCUT2D eigenvalue weighted by Crippen LogP contribution is 2.23. The third-order valence-electron chi connectivity index (χ3n) is 2.32. The molecule has 1 aromatic rings. The molecule has 0 saturated carbocycles. The van der Waals surface area contributed by atoms with Gasteiger partial charge >= 0.3 is 0 Å². The Labute approximate surface area is 104 Å². The van der Waals surface area contributed by atoms with Crippen LogP contribution in [0.4, 0.5) is 0 Å². The van der Waals surface area contributed by atoms with Gasteiger partial charge in [0.1, 0.15) is 5.75 Å². The van der Waals surface area contributed by atoms with Crippen LogP contribution in [0.1, 0.15) is 19.4 Å². The summed E-state index contributed by atoms with van der Waals surface area (Å²) < 4.78 is 6.01. The molecule has 0 spiro atoms. The van der Waals surface area contributed by atoms with Gasteiger partial charge in [0.15, 0.2) is 5.78 Å². The molecule has 0 aliphatic carbocycles. The van der Waals surface area contributed by atoms with Crippen molar-refractivity contribution in [3.63, 3.8) is 0 Å². The molecule has 1 aromatic carbocycles. The average molecular weight is 286 g/mol. The molecule has 0 radical (unpaired) electrons. The second kappa shape index (κ2) is 4.97. The summed E-state index contributed by atoms with van der Waals surface area (Å²) in [4.78, 5) is 11.8. The van der Waals surface area contributed by atoms with Gasteiger partial charge in [0, 0.05) is 10.9 Å². The fourth-order valence-corrected chi connectivity index (χ4v) is 1.60. The first kappa shape index (κ1) is 13.2. The van der Waals surface area contributed by atoms with Gasteiger partial charge in [-0.25, -0.2) is 0 Å². The molecule has 0 aromatic heterocycles. The minimum Gasteiger partial charge on any atom is -0.497 e. The molecule has 0 fully saturated rings. The lowest BCUT2D eigenvalue weighted by Gasteiger charge is -2.17. The predicted octanol–water partition coefficient (Wildman–Crippen LogP) is 2.31. The maximum Gasteiger partial charge on any atom is 0.156 e. The molecule has 88 valence electrons. The van der Waals surface area contributed by atoms with Gasteiger partial charge in [-0.15, -0.1) is 0 Å². The molecule has 0 aliphatic rings. The largest absolute Gasteiger partial charge is 0.497 e. The minimum absolute atomic E-state index is 0.00135. The van der Waals surface area contributed by atoms with E-state index in [0.717, 1.165) is 15.8 Å². The smallest absolute Gasteiger partial charge is 0.156 e. The van der Waals surface area contributed by atoms with Gasteiger partial charge < -0.3 is 10.5 Å². The van der Waals surface area contributed by atoms with Gasteiger partial charge in [0.2, 0.25) is 0 Å². The van der Waals surface area contributed by atoms with Crippen molar-refractivity contribution in [2.45, 2.75) is 25.8 Å². The van der Waals surface area contributed by atoms with Crippen LogP contribution in [0.3, 0.4) is 0 Å². The second-order valence-electron chi connectivity index (χ2n) is 4.28. The summed E-state index contributed by atoms with van der Waals surface area (Å²) in [7, 11) is 1.60. The number of rotatable bonds is 4. The van der Waals surface area contributed by atoms with Crippen LogP contribution >= 0.6 is 15.9 Å². The van der Waals surface area contributed by atoms with E-state index in [2.05, 4.69) is 15.9 Å². The SMILES string of the molecule is COc1ccc(Br)c(CC(=O)C(C)(C)N)c1. The molecule has 0 bridgehead atoms. The summed E-state index contributed by atoms with van der Waals surface area (Å²) in [6.07, 6.45) is 0.307. The molecule has 1 rings (SSSR count). The lowest BCUT2D eigenvalue weighted by atomic mass is 9.95. The van der Waals surface area contributed by atoms with E-state index in [4.69, 9.17) is 10.5 Å². The Morgan fingerprint density at radius 3 is 2.62 bits per heavy atom. The van der Waals surface area contributed by atoms with Gasteiger partial charge in [-0.2, -0.15) is 0 Å². The van der Waals surface area contributed by atoms with Crippen LogP contribution in [0.25, 0.3) is 0 Å². The van der Waals surface area contributed by atoms with Crippen LogP contribution in [0, 0.1) is 0 Å². The third-order valence-corrected chi connectivity index (χ3v) is 3.10. The zero-order valence-electron chi connectivity index (χ0n) is 9.71. The van der Waals surface area contributed by atoms with Crippen molar-refractivity contribution < 1.29 is 9.53 Å². The summed E-state index contributed by atoms with van der Waals surface area (Å²) in [5.74, 6) is 0.738. The van der Waals surface area contributed by atoms with Crippen molar-refractivity contribution in [2.24, 2.45) is 5.73 Å². The molecule has 3 nitrogen and oxygen atoms in total. The number of Topliss-reactive ketones (excluding diaryl/α,β-unsaturated/α-hetero) is 1. The third kappa shape index (κ3) is 3.32. The monoisotopic (exact) mass is 285 g/mol. The summed E-state index contributed by atoms with van der Waals surface area (Å²) in [5, 5.41) is 0. The van der Waals surface area contributed by atoms with E-state index < -0.39 is 5.54 Å². The van der Waals surface area contributed by atoms with Gasteiger partial charge in [-0.1, -0.05) is 15.9 Å². The molecule has 0 atom stereocenters. The minimum atomic E-state index is -0.803. The Morgan fingerprint density at radius 1 is 1.50 bits per heavy atom. The Kier molecular flexibility index (Phi) is 4.10. The van der Waals surface area contributed by atoms with Crippen LogP contribution in [0.5, 0.6) is 5.75 Å². The molecule has 0 amide bonds. The van der Waals surface area contributed by atoms with E-state index in [0.29, 0.717) is 6.42 Å². The van der Waals surface area contributed by atoms with E-state index in [1.807, 2.05) is 18.2 Å². The number of halogens is 1. The maximum absolute atomic E-state index is 11.8. The number of hydrogen-bond donors (Lipinski definition) is 1. The molecule has 4 heteroatoms. The highest BCUT2D eigenvalue weighted by molar-refractivity contribution is 9.10. The number of hydrogen-bond acceptors (Lipinski definition) is 3. The van der Waals surface area contributed by atoms with Crippen molar-refractivity contribution in [3.8, 4) is 5.75 Å². The Hall–Kier alpha value is -0.870. The first-order valence-corrected chi connectivity index (χ1v) is 5.78. The lowest BCUT2D eigenvalue weighted by molar-refractivity contribution is -0.122. The summed E-state index contributed by atoms with van der Waals surface area (Å²) >= 11 is 3.41. The molecule has 2 N–H and O–H groups in total. The van der Waals surface area contributed by atoms with Crippen molar-refractivity contribution in [1.29, 1.82) is 0 Å². The van der Waals surface area contributed by atoms with E-state index in [1.165, 1.54) is 0 Å². The normalized spacial score (nSPS) is 11.3. The number of benzene rings is 1. The maximum atomic E-state index is 11.8. The van der Waals surface area contributed by atoms with Crippen molar-refractivity contribution >= 4 is 21.7 Å². The van der Waals surface area contributed by atoms with E-state index in [1.54, 1.807) is 21.0 Å². The first-order chi connectivity index (χ1) is 7.34. The van der Waals surface area contributed by atoms with E-state index >= 15 is 0 Å². The summed E-state index contributed by atoms with van der Waals surface area (Å²) in [6.45, 7) is 3.42. The van der Waals surface area contributed by atoms with Crippen molar-refractivity contribution in [2.75, 3.05) is 7.11 Å². The fourth-order valence-electron chi connectivity index (χ4n) is 1.21. The van der Waals surface area contributed by atoms with E-state index in [-0.39, 0.29) is 5.78 Å². The molecular weight excluding hydrogens is 270 g/mol. The topological polar surface area (TPSA) is 52.3 Å². The van der Waals surface area contributed by atoms with Gasteiger partial charge in [0.05, 0.1) is 12.6 Å². The molecule has 0 saturated heterocycles. The lowest BCUT2D eigenvalue weighted by Crippen LogP contribution is -2.42. The zero-order valence-corrected chi connectivity index (χ0v) is 11.3. The van der Waals surface area contributed by atoms with Crippen molar-refractivity contribution in [3.05, 3.63) is 28.2 Å². The highest BCUT2D eigenvalue weighted by atomic mass is 79.9. The molecule has 0 unspecified atom stereocenters. The van der Waals surface area contributed by atoms with Crippen LogP contribution in [-0.2, 0) is 11.2 Å². The van der Waals surface area contributed by atoms with Crippen LogP contribution in [-0.4, -0.2) is 18.4 Å². The quantitative estimate of drug-likeness (QED) is 0.924.